The maximum absolute atomic E-state index is 13.3. The fourth-order valence-corrected chi connectivity index (χ4v) is 3.98. The van der Waals surface area contributed by atoms with E-state index in [1.54, 1.807) is 21.0 Å². The number of amides is 1. The molecule has 1 amide bonds. The number of benzene rings is 1. The zero-order valence-corrected chi connectivity index (χ0v) is 16.5. The zero-order valence-electron chi connectivity index (χ0n) is 15.7. The van der Waals surface area contributed by atoms with Gasteiger partial charge in [0.2, 0.25) is 0 Å². The lowest BCUT2D eigenvalue weighted by Crippen LogP contribution is -2.21. The van der Waals surface area contributed by atoms with E-state index in [9.17, 15) is 17.6 Å². The van der Waals surface area contributed by atoms with Crippen molar-refractivity contribution in [1.29, 1.82) is 0 Å². The number of hydrogen-bond acceptors (Lipinski definition) is 5. The molecule has 0 atom stereocenters. The van der Waals surface area contributed by atoms with Gasteiger partial charge in [-0.1, -0.05) is 0 Å². The second kappa shape index (κ2) is 7.12. The molecule has 0 aliphatic carbocycles. The Bertz CT molecular complexity index is 1150. The van der Waals surface area contributed by atoms with Crippen molar-refractivity contribution in [3.8, 4) is 11.5 Å². The average Bonchev–Trinajstić information content (AvgIpc) is 3.23. The number of aromatic amines is 1. The Labute approximate surface area is 161 Å². The number of nitrogens with one attached hydrogen (secondary N) is 2. The van der Waals surface area contributed by atoms with Gasteiger partial charge in [-0.3, -0.25) is 14.6 Å². The first kappa shape index (κ1) is 19.6. The molecule has 2 aromatic heterocycles. The normalized spacial score (nSPS) is 11.5. The third-order valence-electron chi connectivity index (χ3n) is 4.12. The third-order valence-corrected chi connectivity index (χ3v) is 5.59. The number of carbonyl (C=O) groups is 1. The molecule has 3 rings (SSSR count). The summed E-state index contributed by atoms with van der Waals surface area (Å²) in [4.78, 5) is 13.5. The number of sulfonamides is 1. The molecule has 0 aliphatic heterocycles. The van der Waals surface area contributed by atoms with Crippen molar-refractivity contribution in [2.24, 2.45) is 0 Å². The van der Waals surface area contributed by atoms with Crippen LogP contribution in [0.5, 0.6) is 0 Å². The molecule has 0 spiro atoms. The van der Waals surface area contributed by atoms with E-state index < -0.39 is 15.8 Å². The van der Waals surface area contributed by atoms with Gasteiger partial charge in [0.25, 0.3) is 15.9 Å². The molecule has 0 aliphatic rings. The number of nitrogens with zero attached hydrogens (tertiary/aromatic N) is 2. The molecule has 0 saturated heterocycles. The Kier molecular flexibility index (Phi) is 4.99. The molecule has 0 fully saturated rings. The lowest BCUT2D eigenvalue weighted by Gasteiger charge is -2.09. The Morgan fingerprint density at radius 2 is 1.96 bits per heavy atom. The molecule has 0 saturated carbocycles. The smallest absolute Gasteiger partial charge is 0.265 e. The number of furan rings is 1. The maximum atomic E-state index is 13.3. The summed E-state index contributed by atoms with van der Waals surface area (Å²) in [5, 5.41) is 6.52. The van der Waals surface area contributed by atoms with Gasteiger partial charge in [0.05, 0.1) is 17.4 Å². The van der Waals surface area contributed by atoms with Gasteiger partial charge in [0.1, 0.15) is 22.2 Å². The van der Waals surface area contributed by atoms with Crippen LogP contribution in [0, 0.1) is 19.7 Å². The van der Waals surface area contributed by atoms with Gasteiger partial charge in [-0.2, -0.15) is 5.10 Å². The summed E-state index contributed by atoms with van der Waals surface area (Å²) in [6.45, 7) is 3.09. The monoisotopic (exact) mass is 406 g/mol. The molecule has 28 heavy (non-hydrogen) atoms. The molecular formula is C18H19FN4O4S. The predicted octanol–water partition coefficient (Wildman–Crippen LogP) is 2.93. The largest absolute Gasteiger partial charge is 0.458 e. The highest BCUT2D eigenvalue weighted by Gasteiger charge is 2.26. The van der Waals surface area contributed by atoms with Gasteiger partial charge < -0.3 is 9.32 Å². The molecule has 0 unspecified atom stereocenters. The molecule has 148 valence electrons. The number of aryl methyl sites for hydroxylation is 2. The standard InChI is InChI=1S/C18H19FN4O4S/c1-10-7-12(19)5-6-14(10)22-28(25,26)16-8-15(27-11(16)2)17-13(9-20-21-17)18(24)23(3)4/h5-9,22H,1-4H3,(H,20,21). The van der Waals surface area contributed by atoms with Crippen LogP contribution in [0.3, 0.4) is 0 Å². The molecular weight excluding hydrogens is 387 g/mol. The quantitative estimate of drug-likeness (QED) is 0.677. The summed E-state index contributed by atoms with van der Waals surface area (Å²) in [5.74, 6) is -0.460. The highest BCUT2D eigenvalue weighted by atomic mass is 32.2. The van der Waals surface area contributed by atoms with E-state index in [4.69, 9.17) is 4.42 Å². The van der Waals surface area contributed by atoms with Gasteiger partial charge in [-0.25, -0.2) is 12.8 Å². The molecule has 8 nitrogen and oxygen atoms in total. The average molecular weight is 406 g/mol. The Hall–Kier alpha value is -3.14. The van der Waals surface area contributed by atoms with Gasteiger partial charge in [-0.05, 0) is 37.6 Å². The minimum atomic E-state index is -3.99. The van der Waals surface area contributed by atoms with Crippen molar-refractivity contribution in [1.82, 2.24) is 15.1 Å². The van der Waals surface area contributed by atoms with Crippen LogP contribution in [-0.2, 0) is 10.0 Å². The van der Waals surface area contributed by atoms with Crippen LogP contribution in [0.4, 0.5) is 10.1 Å². The second-order valence-electron chi connectivity index (χ2n) is 6.45. The predicted molar refractivity (Wildman–Crippen MR) is 101 cm³/mol. The van der Waals surface area contributed by atoms with Gasteiger partial charge in [0.15, 0.2) is 5.76 Å². The number of anilines is 1. The molecule has 2 N–H and O–H groups in total. The van der Waals surface area contributed by atoms with Crippen LogP contribution in [0.15, 0.2) is 39.8 Å². The first-order chi connectivity index (χ1) is 13.1. The van der Waals surface area contributed by atoms with Crippen LogP contribution in [0.25, 0.3) is 11.5 Å². The van der Waals surface area contributed by atoms with Crippen molar-refractivity contribution < 1.29 is 22.0 Å². The molecule has 2 heterocycles. The maximum Gasteiger partial charge on any atom is 0.265 e. The topological polar surface area (TPSA) is 108 Å². The number of rotatable bonds is 5. The highest BCUT2D eigenvalue weighted by Crippen LogP contribution is 2.31. The van der Waals surface area contributed by atoms with E-state index in [2.05, 4.69) is 14.9 Å². The highest BCUT2D eigenvalue weighted by molar-refractivity contribution is 7.92. The fourth-order valence-electron chi connectivity index (χ4n) is 2.67. The lowest BCUT2D eigenvalue weighted by atomic mass is 10.2. The Morgan fingerprint density at radius 1 is 1.25 bits per heavy atom. The van der Waals surface area contributed by atoms with Crippen LogP contribution in [0.2, 0.25) is 0 Å². The Balaban J connectivity index is 1.99. The summed E-state index contributed by atoms with van der Waals surface area (Å²) in [6.07, 6.45) is 1.35. The first-order valence-electron chi connectivity index (χ1n) is 8.25. The van der Waals surface area contributed by atoms with E-state index in [-0.39, 0.29) is 39.3 Å². The zero-order chi connectivity index (χ0) is 20.6. The van der Waals surface area contributed by atoms with E-state index in [1.807, 2.05) is 0 Å². The van der Waals surface area contributed by atoms with Crippen molar-refractivity contribution in [3.63, 3.8) is 0 Å². The summed E-state index contributed by atoms with van der Waals surface area (Å²) < 4.78 is 46.9. The second-order valence-corrected chi connectivity index (χ2v) is 8.10. The molecule has 10 heteroatoms. The lowest BCUT2D eigenvalue weighted by molar-refractivity contribution is 0.0828. The number of carbonyl (C=O) groups excluding carboxylic acids is 1. The van der Waals surface area contributed by atoms with E-state index in [0.29, 0.717) is 5.56 Å². The van der Waals surface area contributed by atoms with E-state index in [1.165, 1.54) is 42.3 Å². The molecule has 0 radical (unpaired) electrons. The first-order valence-corrected chi connectivity index (χ1v) is 9.73. The van der Waals surface area contributed by atoms with Gasteiger partial charge in [0, 0.05) is 20.2 Å². The number of halogens is 1. The van der Waals surface area contributed by atoms with Crippen LogP contribution >= 0.6 is 0 Å². The Morgan fingerprint density at radius 3 is 2.61 bits per heavy atom. The molecule has 0 bridgehead atoms. The van der Waals surface area contributed by atoms with Gasteiger partial charge in [-0.15, -0.1) is 0 Å². The number of aromatic nitrogens is 2. The third kappa shape index (κ3) is 3.63. The van der Waals surface area contributed by atoms with Crippen molar-refractivity contribution in [2.75, 3.05) is 18.8 Å². The van der Waals surface area contributed by atoms with Crippen LogP contribution in [-0.4, -0.2) is 43.5 Å². The van der Waals surface area contributed by atoms with E-state index in [0.717, 1.165) is 0 Å². The summed E-state index contributed by atoms with van der Waals surface area (Å²) >= 11 is 0. The molecule has 1 aromatic carbocycles. The number of H-pyrrole nitrogens is 1. The minimum Gasteiger partial charge on any atom is -0.458 e. The van der Waals surface area contributed by atoms with E-state index >= 15 is 0 Å². The summed E-state index contributed by atoms with van der Waals surface area (Å²) in [7, 11) is -0.806. The fraction of sp³-hybridized carbons (Fsp3) is 0.222. The van der Waals surface area contributed by atoms with Gasteiger partial charge >= 0.3 is 0 Å². The SMILES string of the molecule is Cc1cc(F)ccc1NS(=O)(=O)c1cc(-c2[nH]ncc2C(=O)N(C)C)oc1C. The van der Waals surface area contributed by atoms with Crippen molar-refractivity contribution in [2.45, 2.75) is 18.7 Å². The van der Waals surface area contributed by atoms with Crippen LogP contribution in [0.1, 0.15) is 21.7 Å². The van der Waals surface area contributed by atoms with Crippen molar-refractivity contribution >= 4 is 21.6 Å². The molecule has 3 aromatic rings. The number of hydrogen-bond donors (Lipinski definition) is 2. The minimum absolute atomic E-state index is 0.0934. The van der Waals surface area contributed by atoms with Crippen molar-refractivity contribution in [3.05, 3.63) is 53.2 Å². The van der Waals surface area contributed by atoms with Crippen LogP contribution < -0.4 is 4.72 Å². The summed E-state index contributed by atoms with van der Waals surface area (Å²) in [5.41, 5.74) is 1.23. The summed E-state index contributed by atoms with van der Waals surface area (Å²) in [6, 6.07) is 5.06.